The Morgan fingerprint density at radius 1 is 1.78 bits per heavy atom. The Kier molecular flexibility index (Phi) is 1.83. The van der Waals surface area contributed by atoms with Crippen molar-refractivity contribution in [3.8, 4) is 0 Å². The average molecular weight is 122 g/mol. The van der Waals surface area contributed by atoms with Crippen LogP contribution in [0.1, 0.15) is 12.8 Å². The molecular weight excluding hydrogens is 112 g/mol. The molecule has 1 atom stereocenters. The van der Waals surface area contributed by atoms with Gasteiger partial charge in [0.05, 0.1) is 0 Å². The van der Waals surface area contributed by atoms with Gasteiger partial charge in [0.25, 0.3) is 0 Å². The molecule has 0 aromatic rings. The van der Waals surface area contributed by atoms with Crippen molar-refractivity contribution in [2.24, 2.45) is 5.92 Å². The normalized spacial score (nSPS) is 26.2. The molecule has 0 saturated heterocycles. The van der Waals surface area contributed by atoms with Gasteiger partial charge in [-0.1, -0.05) is 12.2 Å². The summed E-state index contributed by atoms with van der Waals surface area (Å²) < 4.78 is 0. The predicted molar refractivity (Wildman–Crippen MR) is 37.1 cm³/mol. The molecule has 9 heavy (non-hydrogen) atoms. The third-order valence-corrected chi connectivity index (χ3v) is 1.56. The second-order valence-electron chi connectivity index (χ2n) is 2.26. The molecule has 1 nitrogen and oxygen atoms in total. The van der Waals surface area contributed by atoms with Crippen LogP contribution in [-0.4, -0.2) is 5.78 Å². The quantitative estimate of drug-likeness (QED) is 0.484. The third-order valence-electron chi connectivity index (χ3n) is 1.56. The molecule has 1 heteroatoms. The summed E-state index contributed by atoms with van der Waals surface area (Å²) in [5.41, 5.74) is 0. The fourth-order valence-corrected chi connectivity index (χ4v) is 0.916. The Hall–Kier alpha value is -0.850. The SMILES string of the molecule is C=C[C@H]1C=CC(=O)CC1. The van der Waals surface area contributed by atoms with Gasteiger partial charge in [0.1, 0.15) is 0 Å². The highest BCUT2D eigenvalue weighted by Crippen LogP contribution is 2.14. The van der Waals surface area contributed by atoms with Crippen LogP contribution in [0.4, 0.5) is 0 Å². The van der Waals surface area contributed by atoms with Crippen molar-refractivity contribution in [1.82, 2.24) is 0 Å². The number of hydrogen-bond donors (Lipinski definition) is 0. The zero-order valence-corrected chi connectivity index (χ0v) is 5.34. The minimum atomic E-state index is 0.244. The summed E-state index contributed by atoms with van der Waals surface area (Å²) in [6.07, 6.45) is 7.07. The maximum atomic E-state index is 10.6. The minimum absolute atomic E-state index is 0.244. The summed E-state index contributed by atoms with van der Waals surface area (Å²) >= 11 is 0. The van der Waals surface area contributed by atoms with E-state index in [0.29, 0.717) is 12.3 Å². The van der Waals surface area contributed by atoms with Crippen LogP contribution in [0, 0.1) is 5.92 Å². The monoisotopic (exact) mass is 122 g/mol. The van der Waals surface area contributed by atoms with Gasteiger partial charge in [-0.2, -0.15) is 0 Å². The van der Waals surface area contributed by atoms with Crippen LogP contribution in [0.2, 0.25) is 0 Å². The van der Waals surface area contributed by atoms with Crippen molar-refractivity contribution in [2.45, 2.75) is 12.8 Å². The van der Waals surface area contributed by atoms with Gasteiger partial charge in [0.15, 0.2) is 5.78 Å². The molecule has 0 aliphatic heterocycles. The minimum Gasteiger partial charge on any atom is -0.295 e. The van der Waals surface area contributed by atoms with Crippen molar-refractivity contribution >= 4 is 5.78 Å². The zero-order chi connectivity index (χ0) is 6.69. The van der Waals surface area contributed by atoms with E-state index in [2.05, 4.69) is 6.58 Å². The zero-order valence-electron chi connectivity index (χ0n) is 5.34. The molecule has 0 amide bonds. The summed E-state index contributed by atoms with van der Waals surface area (Å²) in [6, 6.07) is 0. The average Bonchev–Trinajstić information content (AvgIpc) is 1.90. The van der Waals surface area contributed by atoms with E-state index in [0.717, 1.165) is 6.42 Å². The molecule has 0 saturated carbocycles. The van der Waals surface area contributed by atoms with Crippen molar-refractivity contribution in [2.75, 3.05) is 0 Å². The van der Waals surface area contributed by atoms with Gasteiger partial charge in [0, 0.05) is 6.42 Å². The lowest BCUT2D eigenvalue weighted by molar-refractivity contribution is -0.115. The van der Waals surface area contributed by atoms with E-state index in [1.54, 1.807) is 6.08 Å². The van der Waals surface area contributed by atoms with Gasteiger partial charge >= 0.3 is 0 Å². The van der Waals surface area contributed by atoms with Gasteiger partial charge in [-0.05, 0) is 18.4 Å². The second kappa shape index (κ2) is 2.62. The number of allylic oxidation sites excluding steroid dienone is 3. The summed E-state index contributed by atoms with van der Waals surface area (Å²) in [7, 11) is 0. The first-order chi connectivity index (χ1) is 4.33. The number of hydrogen-bond acceptors (Lipinski definition) is 1. The lowest BCUT2D eigenvalue weighted by Gasteiger charge is -2.09. The fraction of sp³-hybridized carbons (Fsp3) is 0.375. The smallest absolute Gasteiger partial charge is 0.155 e. The molecule has 0 radical (unpaired) electrons. The van der Waals surface area contributed by atoms with Crippen LogP contribution in [0.3, 0.4) is 0 Å². The van der Waals surface area contributed by atoms with E-state index in [9.17, 15) is 4.79 Å². The van der Waals surface area contributed by atoms with E-state index >= 15 is 0 Å². The maximum absolute atomic E-state index is 10.6. The van der Waals surface area contributed by atoms with Crippen LogP contribution in [0.25, 0.3) is 0 Å². The predicted octanol–water partition coefficient (Wildman–Crippen LogP) is 1.71. The molecular formula is C8H10O. The van der Waals surface area contributed by atoms with Crippen molar-refractivity contribution < 1.29 is 4.79 Å². The fourth-order valence-electron chi connectivity index (χ4n) is 0.916. The molecule has 0 fully saturated rings. The summed E-state index contributed by atoms with van der Waals surface area (Å²) in [5, 5.41) is 0. The second-order valence-corrected chi connectivity index (χ2v) is 2.26. The van der Waals surface area contributed by atoms with Gasteiger partial charge < -0.3 is 0 Å². The Balaban J connectivity index is 2.57. The first-order valence-corrected chi connectivity index (χ1v) is 3.16. The van der Waals surface area contributed by atoms with E-state index in [4.69, 9.17) is 0 Å². The highest BCUT2D eigenvalue weighted by molar-refractivity contribution is 5.90. The third kappa shape index (κ3) is 1.53. The molecule has 1 aliphatic rings. The first kappa shape index (κ1) is 6.27. The van der Waals surface area contributed by atoms with Crippen LogP contribution in [0.15, 0.2) is 24.8 Å². The van der Waals surface area contributed by atoms with Crippen molar-refractivity contribution in [3.05, 3.63) is 24.8 Å². The topological polar surface area (TPSA) is 17.1 Å². The highest BCUT2D eigenvalue weighted by atomic mass is 16.1. The molecule has 0 aromatic heterocycles. The standard InChI is InChI=1S/C8H10O/c1-2-7-3-5-8(9)6-4-7/h2-3,5,7H,1,4,6H2/t7-/m0/s1. The van der Waals surface area contributed by atoms with Gasteiger partial charge in [-0.25, -0.2) is 0 Å². The van der Waals surface area contributed by atoms with Gasteiger partial charge in [0.2, 0.25) is 0 Å². The molecule has 0 bridgehead atoms. The lowest BCUT2D eigenvalue weighted by Crippen LogP contribution is -2.04. The number of ketones is 1. The molecule has 0 N–H and O–H groups in total. The summed E-state index contributed by atoms with van der Waals surface area (Å²) in [5.74, 6) is 0.677. The molecule has 1 aliphatic carbocycles. The van der Waals surface area contributed by atoms with Gasteiger partial charge in [-0.15, -0.1) is 6.58 Å². The Morgan fingerprint density at radius 3 is 3.00 bits per heavy atom. The van der Waals surface area contributed by atoms with E-state index in [1.807, 2.05) is 12.2 Å². The number of carbonyl (C=O) groups is 1. The molecule has 48 valence electrons. The largest absolute Gasteiger partial charge is 0.295 e. The summed E-state index contributed by atoms with van der Waals surface area (Å²) in [4.78, 5) is 10.6. The van der Waals surface area contributed by atoms with E-state index < -0.39 is 0 Å². The summed E-state index contributed by atoms with van der Waals surface area (Å²) in [6.45, 7) is 3.65. The number of carbonyl (C=O) groups excluding carboxylic acids is 1. The molecule has 0 aromatic carbocycles. The van der Waals surface area contributed by atoms with Crippen LogP contribution in [-0.2, 0) is 4.79 Å². The van der Waals surface area contributed by atoms with Gasteiger partial charge in [-0.3, -0.25) is 4.79 Å². The first-order valence-electron chi connectivity index (χ1n) is 3.16. The van der Waals surface area contributed by atoms with Crippen molar-refractivity contribution in [1.29, 1.82) is 0 Å². The molecule has 1 rings (SSSR count). The van der Waals surface area contributed by atoms with Crippen molar-refractivity contribution in [3.63, 3.8) is 0 Å². The Bertz CT molecular complexity index is 156. The lowest BCUT2D eigenvalue weighted by atomic mass is 9.96. The molecule has 0 heterocycles. The molecule has 0 unspecified atom stereocenters. The van der Waals surface area contributed by atoms with Crippen LogP contribution in [0.5, 0.6) is 0 Å². The molecule has 0 spiro atoms. The van der Waals surface area contributed by atoms with Crippen LogP contribution < -0.4 is 0 Å². The maximum Gasteiger partial charge on any atom is 0.155 e. The van der Waals surface area contributed by atoms with E-state index in [1.165, 1.54) is 0 Å². The highest BCUT2D eigenvalue weighted by Gasteiger charge is 2.08. The van der Waals surface area contributed by atoms with E-state index in [-0.39, 0.29) is 5.78 Å². The Morgan fingerprint density at radius 2 is 2.56 bits per heavy atom. The van der Waals surface area contributed by atoms with Crippen LogP contribution >= 0.6 is 0 Å². The Labute approximate surface area is 55.1 Å². The number of rotatable bonds is 1.